The first-order valence-electron chi connectivity index (χ1n) is 11.0. The number of anilines is 3. The fourth-order valence-electron chi connectivity index (χ4n) is 3.62. The summed E-state index contributed by atoms with van der Waals surface area (Å²) in [6.45, 7) is 0. The number of benzene rings is 3. The molecule has 4 rings (SSSR count). The molecule has 1 atom stereocenters. The first kappa shape index (κ1) is 24.6. The van der Waals surface area contributed by atoms with Crippen LogP contribution in [-0.2, 0) is 14.6 Å². The van der Waals surface area contributed by atoms with Gasteiger partial charge in [-0.05, 0) is 66.2 Å². The van der Waals surface area contributed by atoms with Crippen LogP contribution in [0.2, 0.25) is 0 Å². The maximum Gasteiger partial charge on any atom is 0.305 e. The van der Waals surface area contributed by atoms with Gasteiger partial charge in [-0.2, -0.15) is 0 Å². The molecule has 9 heteroatoms. The van der Waals surface area contributed by atoms with Gasteiger partial charge in [-0.15, -0.1) is 0 Å². The number of hydrogen-bond acceptors (Lipinski definition) is 6. The second-order valence-corrected chi connectivity index (χ2v) is 10.1. The highest BCUT2D eigenvalue weighted by atomic mass is 32.2. The fourth-order valence-corrected chi connectivity index (χ4v) is 5.34. The van der Waals surface area contributed by atoms with E-state index in [-0.39, 0.29) is 10.8 Å². The standard InChI is InChI=1S/C27H23N3O5S/c31-26(32)18-24(19-6-2-1-3-7-19)36(34,35)23-15-13-22(14-16-23)30-27(33)20-9-11-21(12-10-20)29-25-8-4-5-17-28-25/h1-17,24H,18H2,(H,28,29)(H,30,33)(H,31,32). The molecule has 0 radical (unpaired) electrons. The molecule has 3 aromatic carbocycles. The molecular formula is C27H23N3O5S. The lowest BCUT2D eigenvalue weighted by Gasteiger charge is -2.17. The van der Waals surface area contributed by atoms with Crippen molar-refractivity contribution in [3.8, 4) is 0 Å². The van der Waals surface area contributed by atoms with E-state index in [0.29, 0.717) is 22.6 Å². The summed E-state index contributed by atoms with van der Waals surface area (Å²) in [5, 5.41) is 13.9. The lowest BCUT2D eigenvalue weighted by Crippen LogP contribution is -2.18. The molecule has 1 aromatic heterocycles. The first-order chi connectivity index (χ1) is 17.3. The van der Waals surface area contributed by atoms with Gasteiger partial charge in [0.15, 0.2) is 9.84 Å². The van der Waals surface area contributed by atoms with Gasteiger partial charge in [-0.3, -0.25) is 9.59 Å². The van der Waals surface area contributed by atoms with Gasteiger partial charge in [-0.25, -0.2) is 13.4 Å². The van der Waals surface area contributed by atoms with E-state index in [1.54, 1.807) is 60.8 Å². The number of aliphatic carboxylic acids is 1. The number of aromatic nitrogens is 1. The molecule has 182 valence electrons. The number of carbonyl (C=O) groups is 2. The minimum atomic E-state index is -3.98. The number of sulfone groups is 1. The van der Waals surface area contributed by atoms with Crippen molar-refractivity contribution in [1.82, 2.24) is 4.98 Å². The minimum Gasteiger partial charge on any atom is -0.481 e. The Kier molecular flexibility index (Phi) is 7.41. The topological polar surface area (TPSA) is 125 Å². The number of rotatable bonds is 9. The summed E-state index contributed by atoms with van der Waals surface area (Å²) in [6.07, 6.45) is 1.12. The molecule has 0 fully saturated rings. The van der Waals surface area contributed by atoms with E-state index in [1.807, 2.05) is 18.2 Å². The third kappa shape index (κ3) is 5.94. The molecule has 8 nitrogen and oxygen atoms in total. The molecule has 4 aromatic rings. The lowest BCUT2D eigenvalue weighted by molar-refractivity contribution is -0.137. The largest absolute Gasteiger partial charge is 0.481 e. The van der Waals surface area contributed by atoms with E-state index in [9.17, 15) is 23.1 Å². The zero-order valence-corrected chi connectivity index (χ0v) is 19.9. The van der Waals surface area contributed by atoms with Crippen molar-refractivity contribution < 1.29 is 23.1 Å². The van der Waals surface area contributed by atoms with E-state index < -0.39 is 27.5 Å². The molecule has 0 spiro atoms. The van der Waals surface area contributed by atoms with E-state index in [2.05, 4.69) is 15.6 Å². The Morgan fingerprint density at radius 2 is 1.44 bits per heavy atom. The van der Waals surface area contributed by atoms with Crippen LogP contribution in [0.4, 0.5) is 17.2 Å². The van der Waals surface area contributed by atoms with Crippen LogP contribution < -0.4 is 10.6 Å². The van der Waals surface area contributed by atoms with Crippen LogP contribution in [-0.4, -0.2) is 30.4 Å². The minimum absolute atomic E-state index is 0.0273. The highest BCUT2D eigenvalue weighted by Crippen LogP contribution is 2.32. The second kappa shape index (κ2) is 10.8. The SMILES string of the molecule is O=C(O)CC(c1ccccc1)S(=O)(=O)c1ccc(NC(=O)c2ccc(Nc3ccccn3)cc2)cc1. The summed E-state index contributed by atoms with van der Waals surface area (Å²) in [7, 11) is -3.98. The van der Waals surface area contributed by atoms with Crippen molar-refractivity contribution in [2.45, 2.75) is 16.6 Å². The molecule has 1 unspecified atom stereocenters. The van der Waals surface area contributed by atoms with Gasteiger partial charge in [0.1, 0.15) is 11.1 Å². The number of pyridine rings is 1. The van der Waals surface area contributed by atoms with Gasteiger partial charge in [-0.1, -0.05) is 36.4 Å². The number of carboxylic acid groups (broad SMARTS) is 1. The summed E-state index contributed by atoms with van der Waals surface area (Å²) in [5.74, 6) is -0.886. The molecular weight excluding hydrogens is 478 g/mol. The van der Waals surface area contributed by atoms with Crippen LogP contribution in [0.3, 0.4) is 0 Å². The fraction of sp³-hybridized carbons (Fsp3) is 0.0741. The van der Waals surface area contributed by atoms with Gasteiger partial charge >= 0.3 is 5.97 Å². The maximum absolute atomic E-state index is 13.2. The van der Waals surface area contributed by atoms with Crippen LogP contribution in [0, 0.1) is 0 Å². The number of amides is 1. The highest BCUT2D eigenvalue weighted by Gasteiger charge is 2.31. The normalized spacial score (nSPS) is 11.9. The molecule has 0 bridgehead atoms. The number of carbonyl (C=O) groups excluding carboxylic acids is 1. The van der Waals surface area contributed by atoms with Crippen LogP contribution >= 0.6 is 0 Å². The smallest absolute Gasteiger partial charge is 0.305 e. The van der Waals surface area contributed by atoms with Crippen LogP contribution in [0.5, 0.6) is 0 Å². The third-order valence-corrected chi connectivity index (χ3v) is 7.55. The van der Waals surface area contributed by atoms with Gasteiger partial charge in [0.2, 0.25) is 0 Å². The highest BCUT2D eigenvalue weighted by molar-refractivity contribution is 7.91. The number of nitrogens with one attached hydrogen (secondary N) is 2. The third-order valence-electron chi connectivity index (χ3n) is 5.43. The number of nitrogens with zero attached hydrogens (tertiary/aromatic N) is 1. The molecule has 1 amide bonds. The van der Waals surface area contributed by atoms with Crippen molar-refractivity contribution in [2.75, 3.05) is 10.6 Å². The van der Waals surface area contributed by atoms with Crippen molar-refractivity contribution in [3.05, 3.63) is 114 Å². The summed E-state index contributed by atoms with van der Waals surface area (Å²) >= 11 is 0. The lowest BCUT2D eigenvalue weighted by atomic mass is 10.1. The van der Waals surface area contributed by atoms with Gasteiger partial charge < -0.3 is 15.7 Å². The zero-order valence-electron chi connectivity index (χ0n) is 19.0. The Bertz CT molecular complexity index is 1440. The Balaban J connectivity index is 1.46. The average molecular weight is 502 g/mol. The van der Waals surface area contributed by atoms with E-state index in [4.69, 9.17) is 0 Å². The van der Waals surface area contributed by atoms with Crippen LogP contribution in [0.1, 0.15) is 27.6 Å². The quantitative estimate of drug-likeness (QED) is 0.292. The van der Waals surface area contributed by atoms with Gasteiger partial charge in [0.05, 0.1) is 11.3 Å². The summed E-state index contributed by atoms with van der Waals surface area (Å²) in [4.78, 5) is 28.2. The van der Waals surface area contributed by atoms with Crippen LogP contribution in [0.15, 0.2) is 108 Å². The van der Waals surface area contributed by atoms with Gasteiger partial charge in [0, 0.05) is 23.1 Å². The van der Waals surface area contributed by atoms with Crippen molar-refractivity contribution in [1.29, 1.82) is 0 Å². The molecule has 0 aliphatic rings. The van der Waals surface area contributed by atoms with E-state index >= 15 is 0 Å². The Hall–Kier alpha value is -4.50. The number of carboxylic acids is 1. The number of hydrogen-bond donors (Lipinski definition) is 3. The molecule has 3 N–H and O–H groups in total. The summed E-state index contributed by atoms with van der Waals surface area (Å²) < 4.78 is 26.5. The van der Waals surface area contributed by atoms with Crippen molar-refractivity contribution in [3.63, 3.8) is 0 Å². The molecule has 0 saturated heterocycles. The molecule has 36 heavy (non-hydrogen) atoms. The molecule has 0 aliphatic heterocycles. The monoisotopic (exact) mass is 501 g/mol. The van der Waals surface area contributed by atoms with Gasteiger partial charge in [0.25, 0.3) is 5.91 Å². The Labute approximate surface area is 208 Å². The Morgan fingerprint density at radius 1 is 0.806 bits per heavy atom. The second-order valence-electron chi connectivity index (χ2n) is 7.94. The summed E-state index contributed by atoms with van der Waals surface area (Å²) in [5.41, 5.74) is 2.00. The predicted octanol–water partition coefficient (Wildman–Crippen LogP) is 5.07. The maximum atomic E-state index is 13.2. The molecule has 1 heterocycles. The van der Waals surface area contributed by atoms with E-state index in [1.165, 1.54) is 24.3 Å². The molecule has 0 saturated carbocycles. The predicted molar refractivity (Wildman–Crippen MR) is 137 cm³/mol. The van der Waals surface area contributed by atoms with Crippen LogP contribution in [0.25, 0.3) is 0 Å². The van der Waals surface area contributed by atoms with Crippen molar-refractivity contribution in [2.24, 2.45) is 0 Å². The first-order valence-corrected chi connectivity index (χ1v) is 12.6. The molecule has 0 aliphatic carbocycles. The Morgan fingerprint density at radius 3 is 2.06 bits per heavy atom. The average Bonchev–Trinajstić information content (AvgIpc) is 2.89. The van der Waals surface area contributed by atoms with E-state index in [0.717, 1.165) is 5.69 Å². The summed E-state index contributed by atoms with van der Waals surface area (Å²) in [6, 6.07) is 26.3. The van der Waals surface area contributed by atoms with Crippen molar-refractivity contribution >= 4 is 38.9 Å². The zero-order chi connectivity index (χ0) is 25.5.